The number of rotatable bonds is 7. The molecule has 0 heterocycles. The van der Waals surface area contributed by atoms with Crippen LogP contribution in [0.2, 0.25) is 0 Å². The molecule has 30 heavy (non-hydrogen) atoms. The largest absolute Gasteiger partial charge is 0.339 e. The third-order valence-corrected chi connectivity index (χ3v) is 3.07. The topological polar surface area (TPSA) is 89.6 Å². The standard InChI is InChI=1S/C20H21N5O.2C2H6/c1-5-8-18(6-2)25-20(22-7-3)24-15(4)16-9-11-17(12-10-16)19(26)23-14-13-21;2*1-2/h5-12H,1-2,4,14H2,3H3,(H,23,26)(H,24,25);2*1-2H3/b18-8+,22-7-;;. The molecule has 160 valence electrons. The normalized spacial score (nSPS) is 10.4. The number of aliphatic imine (C=N–C) groups is 2. The van der Waals surface area contributed by atoms with Gasteiger partial charge in [-0.15, -0.1) is 0 Å². The second-order valence-corrected chi connectivity index (χ2v) is 4.87. The average molecular weight is 408 g/mol. The fourth-order valence-corrected chi connectivity index (χ4v) is 1.86. The van der Waals surface area contributed by atoms with Crippen LogP contribution in [0.4, 0.5) is 0 Å². The van der Waals surface area contributed by atoms with Gasteiger partial charge in [-0.2, -0.15) is 5.26 Å². The van der Waals surface area contributed by atoms with Crippen LogP contribution in [-0.2, 0) is 0 Å². The summed E-state index contributed by atoms with van der Waals surface area (Å²) in [6.45, 7) is 21.0. The number of carbonyl (C=O) groups excluding carboxylic acids is 1. The Labute approximate surface area is 181 Å². The molecule has 0 radical (unpaired) electrons. The number of hydrogen-bond donors (Lipinski definition) is 2. The number of nitriles is 1. The molecule has 1 rings (SSSR count). The molecule has 0 saturated heterocycles. The van der Waals surface area contributed by atoms with Crippen molar-refractivity contribution in [2.24, 2.45) is 9.98 Å². The Morgan fingerprint density at radius 2 is 1.70 bits per heavy atom. The highest BCUT2D eigenvalue weighted by Crippen LogP contribution is 2.15. The van der Waals surface area contributed by atoms with Crippen LogP contribution < -0.4 is 10.6 Å². The molecule has 1 aromatic rings. The zero-order valence-electron chi connectivity index (χ0n) is 18.7. The minimum atomic E-state index is -0.310. The average Bonchev–Trinajstić information content (AvgIpc) is 2.80. The van der Waals surface area contributed by atoms with E-state index in [4.69, 9.17) is 5.26 Å². The first-order valence-electron chi connectivity index (χ1n) is 9.79. The van der Waals surface area contributed by atoms with Gasteiger partial charge in [-0.05, 0) is 36.8 Å². The molecule has 1 aromatic carbocycles. The minimum Gasteiger partial charge on any atom is -0.339 e. The molecule has 0 saturated carbocycles. The molecular formula is C24H33N5O. The first kappa shape index (κ1) is 28.5. The monoisotopic (exact) mass is 407 g/mol. The second kappa shape index (κ2) is 18.6. The highest BCUT2D eigenvalue weighted by molar-refractivity contribution is 5.95. The number of nitrogens with zero attached hydrogens (tertiary/aromatic N) is 3. The van der Waals surface area contributed by atoms with Gasteiger partial charge in [-0.3, -0.25) is 4.79 Å². The maximum atomic E-state index is 11.8. The maximum Gasteiger partial charge on any atom is 0.252 e. The zero-order valence-corrected chi connectivity index (χ0v) is 18.7. The lowest BCUT2D eigenvalue weighted by Crippen LogP contribution is -2.23. The lowest BCUT2D eigenvalue weighted by atomic mass is 10.1. The molecule has 1 amide bonds. The van der Waals surface area contributed by atoms with Gasteiger partial charge in [0.2, 0.25) is 5.96 Å². The molecule has 0 spiro atoms. The van der Waals surface area contributed by atoms with Crippen molar-refractivity contribution in [1.29, 1.82) is 5.26 Å². The molecule has 6 heteroatoms. The van der Waals surface area contributed by atoms with E-state index in [1.165, 1.54) is 0 Å². The van der Waals surface area contributed by atoms with E-state index < -0.39 is 0 Å². The highest BCUT2D eigenvalue weighted by atomic mass is 16.1. The second-order valence-electron chi connectivity index (χ2n) is 4.87. The van der Waals surface area contributed by atoms with Gasteiger partial charge in [-0.1, -0.05) is 65.6 Å². The Kier molecular flexibility index (Phi) is 17.7. The summed E-state index contributed by atoms with van der Waals surface area (Å²) in [7, 11) is 0. The molecule has 0 aliphatic heterocycles. The lowest BCUT2D eigenvalue weighted by Gasteiger charge is -2.08. The summed E-state index contributed by atoms with van der Waals surface area (Å²) in [5, 5.41) is 14.0. The van der Waals surface area contributed by atoms with Gasteiger partial charge >= 0.3 is 0 Å². The smallest absolute Gasteiger partial charge is 0.252 e. The fraction of sp³-hybridized carbons (Fsp3) is 0.250. The summed E-state index contributed by atoms with van der Waals surface area (Å²) in [6.07, 6.45) is 6.60. The van der Waals surface area contributed by atoms with E-state index in [-0.39, 0.29) is 12.5 Å². The molecule has 0 fully saturated rings. The molecule has 0 aromatic heterocycles. The van der Waals surface area contributed by atoms with Crippen LogP contribution in [0.3, 0.4) is 0 Å². The lowest BCUT2D eigenvalue weighted by molar-refractivity contribution is 0.0958. The molecule has 0 atom stereocenters. The summed E-state index contributed by atoms with van der Waals surface area (Å²) in [5.41, 5.74) is 2.36. The summed E-state index contributed by atoms with van der Waals surface area (Å²) in [5.74, 6) is 0.0386. The van der Waals surface area contributed by atoms with E-state index >= 15 is 0 Å². The number of benzene rings is 1. The summed E-state index contributed by atoms with van der Waals surface area (Å²) < 4.78 is 0. The van der Waals surface area contributed by atoms with Crippen LogP contribution in [0.1, 0.15) is 50.5 Å². The van der Waals surface area contributed by atoms with Gasteiger partial charge < -0.3 is 10.6 Å². The van der Waals surface area contributed by atoms with Crippen molar-refractivity contribution in [2.75, 3.05) is 6.54 Å². The van der Waals surface area contributed by atoms with Gasteiger partial charge in [0.05, 0.1) is 11.8 Å². The fourth-order valence-electron chi connectivity index (χ4n) is 1.86. The third-order valence-electron chi connectivity index (χ3n) is 3.07. The molecule has 2 N–H and O–H groups in total. The predicted molar refractivity (Wildman–Crippen MR) is 129 cm³/mol. The molecule has 0 unspecified atom stereocenters. The number of nitrogens with one attached hydrogen (secondary N) is 2. The van der Waals surface area contributed by atoms with E-state index in [1.807, 2.05) is 33.8 Å². The molecule has 0 bridgehead atoms. The summed E-state index contributed by atoms with van der Waals surface area (Å²) in [6, 6.07) is 8.61. The van der Waals surface area contributed by atoms with Gasteiger partial charge in [0.25, 0.3) is 5.91 Å². The van der Waals surface area contributed by atoms with E-state index in [0.717, 1.165) is 5.56 Å². The van der Waals surface area contributed by atoms with Gasteiger partial charge in [0.15, 0.2) is 0 Å². The van der Waals surface area contributed by atoms with E-state index in [0.29, 0.717) is 22.9 Å². The van der Waals surface area contributed by atoms with Crippen molar-refractivity contribution in [1.82, 2.24) is 10.6 Å². The zero-order chi connectivity index (χ0) is 23.4. The van der Waals surface area contributed by atoms with Crippen LogP contribution in [-0.4, -0.2) is 24.6 Å². The molecule has 6 nitrogen and oxygen atoms in total. The van der Waals surface area contributed by atoms with Crippen molar-refractivity contribution in [3.8, 4) is 6.07 Å². The van der Waals surface area contributed by atoms with E-state index in [2.05, 4.69) is 40.4 Å². The van der Waals surface area contributed by atoms with Crippen LogP contribution >= 0.6 is 0 Å². The van der Waals surface area contributed by atoms with E-state index in [1.54, 1.807) is 55.6 Å². The van der Waals surface area contributed by atoms with Crippen LogP contribution in [0.5, 0.6) is 0 Å². The first-order chi connectivity index (χ1) is 14.5. The Balaban J connectivity index is 0. The predicted octanol–water partition coefficient (Wildman–Crippen LogP) is 5.26. The van der Waals surface area contributed by atoms with Gasteiger partial charge in [0.1, 0.15) is 6.54 Å². The highest BCUT2D eigenvalue weighted by Gasteiger charge is 2.06. The van der Waals surface area contributed by atoms with Gasteiger partial charge in [-0.25, -0.2) is 9.98 Å². The maximum absolute atomic E-state index is 11.8. The summed E-state index contributed by atoms with van der Waals surface area (Å²) >= 11 is 0. The first-order valence-corrected chi connectivity index (χ1v) is 9.79. The Morgan fingerprint density at radius 3 is 2.17 bits per heavy atom. The quantitative estimate of drug-likeness (QED) is 0.280. The molecule has 0 aliphatic carbocycles. The van der Waals surface area contributed by atoms with Crippen molar-refractivity contribution in [2.45, 2.75) is 34.6 Å². The van der Waals surface area contributed by atoms with Crippen molar-refractivity contribution in [3.05, 3.63) is 79.1 Å². The number of allylic oxidation sites excluding steroid dienone is 3. The summed E-state index contributed by atoms with van der Waals surface area (Å²) in [4.78, 5) is 20.4. The Bertz CT molecular complexity index is 809. The van der Waals surface area contributed by atoms with Crippen LogP contribution in [0, 0.1) is 11.3 Å². The van der Waals surface area contributed by atoms with Crippen molar-refractivity contribution < 1.29 is 4.79 Å². The molecular weight excluding hydrogens is 374 g/mol. The van der Waals surface area contributed by atoms with Crippen molar-refractivity contribution >= 4 is 23.8 Å². The van der Waals surface area contributed by atoms with Gasteiger partial charge in [0, 0.05) is 17.5 Å². The Hall–Kier alpha value is -3.72. The number of amides is 1. The number of hydrogen-bond acceptors (Lipinski definition) is 3. The number of guanidine groups is 1. The molecule has 0 aliphatic rings. The van der Waals surface area contributed by atoms with Crippen LogP contribution in [0.25, 0.3) is 5.70 Å². The van der Waals surface area contributed by atoms with Crippen molar-refractivity contribution in [3.63, 3.8) is 0 Å². The van der Waals surface area contributed by atoms with E-state index in [9.17, 15) is 4.79 Å². The number of carbonyl (C=O) groups is 1. The third kappa shape index (κ3) is 11.2. The minimum absolute atomic E-state index is 0.0362. The Morgan fingerprint density at radius 1 is 1.13 bits per heavy atom. The SMILES string of the molecule is C=C/C=C(\C=C)NC(=NC(=C)c1ccc(C(=O)NCC#N)cc1)/N=C\C.CC.CC. The van der Waals surface area contributed by atoms with Crippen LogP contribution in [0.15, 0.2) is 77.9 Å².